The maximum atomic E-state index is 12.6. The molecule has 0 amide bonds. The number of anilines is 1. The number of aliphatic imine (C=N–C) groups is 1. The summed E-state index contributed by atoms with van der Waals surface area (Å²) in [6.07, 6.45) is 4.12. The first-order chi connectivity index (χ1) is 13.1. The topological polar surface area (TPSA) is 58.1 Å². The number of benzene rings is 1. The van der Waals surface area contributed by atoms with E-state index < -0.39 is 6.61 Å². The predicted octanol–water partition coefficient (Wildman–Crippen LogP) is 2.85. The molecule has 1 aromatic carbocycles. The van der Waals surface area contributed by atoms with Crippen molar-refractivity contribution in [3.63, 3.8) is 0 Å². The second-order valence-corrected chi connectivity index (χ2v) is 6.47. The molecule has 0 aromatic heterocycles. The zero-order valence-electron chi connectivity index (χ0n) is 16.1. The van der Waals surface area contributed by atoms with E-state index in [1.54, 1.807) is 26.3 Å². The number of methoxy groups -OCH3 is 1. The molecule has 2 rings (SSSR count). The van der Waals surface area contributed by atoms with E-state index in [2.05, 4.69) is 25.3 Å². The molecular formula is C19H30F2N4O2. The minimum Gasteiger partial charge on any atom is -0.433 e. The summed E-state index contributed by atoms with van der Waals surface area (Å²) in [5.41, 5.74) is 0.697. The quantitative estimate of drug-likeness (QED) is 0.369. The summed E-state index contributed by atoms with van der Waals surface area (Å²) >= 11 is 0. The Hall–Kier alpha value is -2.09. The van der Waals surface area contributed by atoms with Crippen LogP contribution in [0.25, 0.3) is 0 Å². The van der Waals surface area contributed by atoms with Crippen LogP contribution in [0, 0.1) is 0 Å². The highest BCUT2D eigenvalue weighted by atomic mass is 19.3. The van der Waals surface area contributed by atoms with Gasteiger partial charge in [-0.3, -0.25) is 4.99 Å². The molecule has 6 nitrogen and oxygen atoms in total. The molecule has 0 saturated carbocycles. The summed E-state index contributed by atoms with van der Waals surface area (Å²) in [5, 5.41) is 6.73. The average Bonchev–Trinajstić information content (AvgIpc) is 3.12. The molecular weight excluding hydrogens is 354 g/mol. The van der Waals surface area contributed by atoms with Crippen LogP contribution in [0.4, 0.5) is 14.5 Å². The molecule has 1 atom stereocenters. The van der Waals surface area contributed by atoms with Gasteiger partial charge < -0.3 is 25.0 Å². The summed E-state index contributed by atoms with van der Waals surface area (Å²) < 4.78 is 34.9. The third-order valence-electron chi connectivity index (χ3n) is 4.49. The lowest BCUT2D eigenvalue weighted by Crippen LogP contribution is -2.44. The van der Waals surface area contributed by atoms with Crippen molar-refractivity contribution in [2.24, 2.45) is 4.99 Å². The van der Waals surface area contributed by atoms with Crippen molar-refractivity contribution in [1.82, 2.24) is 10.6 Å². The van der Waals surface area contributed by atoms with E-state index in [1.807, 2.05) is 12.1 Å². The first-order valence-electron chi connectivity index (χ1n) is 9.39. The second kappa shape index (κ2) is 11.6. The minimum atomic E-state index is -2.82. The lowest BCUT2D eigenvalue weighted by Gasteiger charge is -2.22. The molecule has 27 heavy (non-hydrogen) atoms. The van der Waals surface area contributed by atoms with E-state index in [-0.39, 0.29) is 11.8 Å². The summed E-state index contributed by atoms with van der Waals surface area (Å²) in [7, 11) is 3.46. The maximum Gasteiger partial charge on any atom is 0.387 e. The third-order valence-corrected chi connectivity index (χ3v) is 4.49. The second-order valence-electron chi connectivity index (χ2n) is 6.47. The Labute approximate surface area is 159 Å². The fourth-order valence-corrected chi connectivity index (χ4v) is 3.15. The number of ether oxygens (including phenoxy) is 2. The van der Waals surface area contributed by atoms with Crippen LogP contribution in [0.3, 0.4) is 0 Å². The van der Waals surface area contributed by atoms with E-state index in [1.165, 1.54) is 0 Å². The van der Waals surface area contributed by atoms with Crippen molar-refractivity contribution in [1.29, 1.82) is 0 Å². The SMILES string of the molecule is CN=C(NCCCCCOC)NC1CCN(c2ccccc2OC(F)F)C1. The molecule has 0 aliphatic carbocycles. The molecule has 1 aliphatic heterocycles. The van der Waals surface area contributed by atoms with Crippen LogP contribution in [-0.4, -0.2) is 59.0 Å². The van der Waals surface area contributed by atoms with Crippen molar-refractivity contribution in [2.45, 2.75) is 38.3 Å². The van der Waals surface area contributed by atoms with Gasteiger partial charge >= 0.3 is 6.61 Å². The molecule has 0 bridgehead atoms. The van der Waals surface area contributed by atoms with Gasteiger partial charge in [0.25, 0.3) is 0 Å². The van der Waals surface area contributed by atoms with E-state index in [4.69, 9.17) is 4.74 Å². The molecule has 1 saturated heterocycles. The first-order valence-corrected chi connectivity index (χ1v) is 9.39. The Kier molecular flexibility index (Phi) is 9.10. The van der Waals surface area contributed by atoms with Crippen LogP contribution in [0.1, 0.15) is 25.7 Å². The highest BCUT2D eigenvalue weighted by Crippen LogP contribution is 2.31. The summed E-state index contributed by atoms with van der Waals surface area (Å²) in [4.78, 5) is 6.33. The van der Waals surface area contributed by atoms with Gasteiger partial charge in [-0.05, 0) is 37.8 Å². The number of hydrogen-bond donors (Lipinski definition) is 2. The van der Waals surface area contributed by atoms with Crippen molar-refractivity contribution in [3.05, 3.63) is 24.3 Å². The van der Waals surface area contributed by atoms with E-state index in [0.29, 0.717) is 12.2 Å². The van der Waals surface area contributed by atoms with Gasteiger partial charge in [0.05, 0.1) is 5.69 Å². The Morgan fingerprint density at radius 2 is 2.11 bits per heavy atom. The van der Waals surface area contributed by atoms with Gasteiger partial charge in [-0.2, -0.15) is 8.78 Å². The normalized spacial score (nSPS) is 17.4. The minimum absolute atomic E-state index is 0.198. The van der Waals surface area contributed by atoms with Gasteiger partial charge in [-0.1, -0.05) is 12.1 Å². The summed E-state index contributed by atoms with van der Waals surface area (Å²) in [6.45, 7) is 0.301. The van der Waals surface area contributed by atoms with Crippen molar-refractivity contribution < 1.29 is 18.3 Å². The number of rotatable bonds is 10. The molecule has 152 valence electrons. The zero-order chi connectivity index (χ0) is 19.5. The number of hydrogen-bond acceptors (Lipinski definition) is 4. The third kappa shape index (κ3) is 7.21. The zero-order valence-corrected chi connectivity index (χ0v) is 16.1. The molecule has 1 fully saturated rings. The van der Waals surface area contributed by atoms with Crippen LogP contribution < -0.4 is 20.3 Å². The van der Waals surface area contributed by atoms with Gasteiger partial charge in [0.15, 0.2) is 5.96 Å². The molecule has 1 aliphatic rings. The Morgan fingerprint density at radius 3 is 2.85 bits per heavy atom. The summed E-state index contributed by atoms with van der Waals surface area (Å²) in [6, 6.07) is 7.12. The molecule has 1 heterocycles. The lowest BCUT2D eigenvalue weighted by molar-refractivity contribution is -0.0495. The lowest BCUT2D eigenvalue weighted by atomic mass is 10.2. The van der Waals surface area contributed by atoms with Crippen LogP contribution in [0.5, 0.6) is 5.75 Å². The molecule has 0 spiro atoms. The first kappa shape index (κ1) is 21.2. The number of para-hydroxylation sites is 2. The van der Waals surface area contributed by atoms with Gasteiger partial charge in [0.2, 0.25) is 0 Å². The molecule has 2 N–H and O–H groups in total. The van der Waals surface area contributed by atoms with E-state index in [9.17, 15) is 8.78 Å². The fourth-order valence-electron chi connectivity index (χ4n) is 3.15. The molecule has 1 aromatic rings. The standard InChI is InChI=1S/C19H30F2N4O2/c1-22-19(23-11-6-3-7-13-26-2)24-15-10-12-25(14-15)16-8-4-5-9-17(16)27-18(20)21/h4-5,8-9,15,18H,3,6-7,10-14H2,1-2H3,(H2,22,23,24). The largest absolute Gasteiger partial charge is 0.433 e. The number of nitrogens with one attached hydrogen (secondary N) is 2. The maximum absolute atomic E-state index is 12.6. The molecule has 8 heteroatoms. The van der Waals surface area contributed by atoms with Gasteiger partial charge in [0.1, 0.15) is 5.75 Å². The van der Waals surface area contributed by atoms with Crippen LogP contribution in [-0.2, 0) is 4.74 Å². The van der Waals surface area contributed by atoms with Crippen LogP contribution in [0.2, 0.25) is 0 Å². The Morgan fingerprint density at radius 1 is 1.30 bits per heavy atom. The predicted molar refractivity (Wildman–Crippen MR) is 104 cm³/mol. The highest BCUT2D eigenvalue weighted by molar-refractivity contribution is 5.80. The smallest absolute Gasteiger partial charge is 0.387 e. The van der Waals surface area contributed by atoms with Crippen LogP contribution in [0.15, 0.2) is 29.3 Å². The van der Waals surface area contributed by atoms with Crippen LogP contribution >= 0.6 is 0 Å². The molecule has 1 unspecified atom stereocenters. The highest BCUT2D eigenvalue weighted by Gasteiger charge is 2.25. The molecule has 0 radical (unpaired) electrons. The average molecular weight is 384 g/mol. The van der Waals surface area contributed by atoms with Gasteiger partial charge in [-0.25, -0.2) is 0 Å². The summed E-state index contributed by atoms with van der Waals surface area (Å²) in [5.74, 6) is 0.984. The number of guanidine groups is 1. The Balaban J connectivity index is 1.80. The Bertz CT molecular complexity index is 587. The monoisotopic (exact) mass is 384 g/mol. The van der Waals surface area contributed by atoms with Gasteiger partial charge in [-0.15, -0.1) is 0 Å². The number of unbranched alkanes of at least 4 members (excludes halogenated alkanes) is 2. The number of halogens is 2. The van der Waals surface area contributed by atoms with E-state index >= 15 is 0 Å². The van der Waals surface area contributed by atoms with Crippen molar-refractivity contribution in [2.75, 3.05) is 45.3 Å². The van der Waals surface area contributed by atoms with E-state index in [0.717, 1.165) is 51.3 Å². The number of nitrogens with zero attached hydrogens (tertiary/aromatic N) is 2. The van der Waals surface area contributed by atoms with Gasteiger partial charge in [0, 0.05) is 46.4 Å². The fraction of sp³-hybridized carbons (Fsp3) is 0.632. The number of alkyl halides is 2. The van der Waals surface area contributed by atoms with Crippen molar-refractivity contribution in [3.8, 4) is 5.75 Å². The van der Waals surface area contributed by atoms with Crippen molar-refractivity contribution >= 4 is 11.6 Å².